The number of aromatic nitrogens is 2. The maximum Gasteiger partial charge on any atom is 0.206 e. The van der Waals surface area contributed by atoms with E-state index in [0.29, 0.717) is 5.56 Å². The maximum absolute atomic E-state index is 11.1. The van der Waals surface area contributed by atoms with Gasteiger partial charge in [-0.3, -0.25) is 9.78 Å². The maximum atomic E-state index is 11.1. The molecule has 0 unspecified atom stereocenters. The van der Waals surface area contributed by atoms with Gasteiger partial charge in [0.15, 0.2) is 0 Å². The molecule has 2 rings (SSSR count). The Labute approximate surface area is 63.1 Å². The zero-order valence-corrected chi connectivity index (χ0v) is 5.74. The minimum Gasteiger partial charge on any atom is -0.360 e. The number of pyridine rings is 2. The van der Waals surface area contributed by atoms with Crippen LogP contribution in [-0.4, -0.2) is 9.97 Å². The van der Waals surface area contributed by atoms with Crippen molar-refractivity contribution < 1.29 is 0 Å². The van der Waals surface area contributed by atoms with Gasteiger partial charge in [0, 0.05) is 11.8 Å². The number of aromatic amines is 1. The molecule has 0 aromatic heterocycles. The van der Waals surface area contributed by atoms with Gasteiger partial charge in [0.05, 0.1) is 18.1 Å². The summed E-state index contributed by atoms with van der Waals surface area (Å²) in [6, 6.07) is 3.57. The summed E-state index contributed by atoms with van der Waals surface area (Å²) >= 11 is 0. The van der Waals surface area contributed by atoms with Crippen LogP contribution in [0.15, 0.2) is 35.5 Å². The molecule has 0 radical (unpaired) electrons. The lowest BCUT2D eigenvalue weighted by atomic mass is 10.2. The highest BCUT2D eigenvalue weighted by Crippen LogP contribution is 2.09. The fourth-order valence-corrected chi connectivity index (χ4v) is 1.02. The van der Waals surface area contributed by atoms with E-state index >= 15 is 0 Å². The van der Waals surface area contributed by atoms with Crippen molar-refractivity contribution in [2.75, 3.05) is 0 Å². The quantitative estimate of drug-likeness (QED) is 0.599. The largest absolute Gasteiger partial charge is 0.360 e. The Balaban J connectivity index is 2.90. The van der Waals surface area contributed by atoms with E-state index in [9.17, 15) is 4.79 Å². The van der Waals surface area contributed by atoms with E-state index < -0.39 is 0 Å². The van der Waals surface area contributed by atoms with E-state index in [1.54, 1.807) is 24.5 Å². The number of H-pyrrole nitrogens is 1. The van der Waals surface area contributed by atoms with E-state index in [1.807, 2.05) is 0 Å². The van der Waals surface area contributed by atoms with Crippen LogP contribution >= 0.6 is 0 Å². The first-order chi connectivity index (χ1) is 5.38. The molecule has 0 aromatic carbocycles. The summed E-state index contributed by atoms with van der Waals surface area (Å²) in [6.07, 6.45) is 4.72. The van der Waals surface area contributed by atoms with Crippen LogP contribution in [0.4, 0.5) is 0 Å². The molecule has 0 saturated heterocycles. The van der Waals surface area contributed by atoms with E-state index in [4.69, 9.17) is 0 Å². The summed E-state index contributed by atoms with van der Waals surface area (Å²) in [6.45, 7) is 0. The summed E-state index contributed by atoms with van der Waals surface area (Å²) < 4.78 is 0. The first kappa shape index (κ1) is 6.09. The van der Waals surface area contributed by atoms with Crippen LogP contribution in [0.3, 0.4) is 0 Å². The van der Waals surface area contributed by atoms with Crippen LogP contribution in [0.5, 0.6) is 0 Å². The lowest BCUT2D eigenvalue weighted by Gasteiger charge is -1.99. The molecule has 1 N–H and O–H groups in total. The van der Waals surface area contributed by atoms with Crippen LogP contribution in [-0.2, 0) is 0 Å². The topological polar surface area (TPSA) is 45.8 Å². The Morgan fingerprint density at radius 3 is 3.09 bits per heavy atom. The van der Waals surface area contributed by atoms with Crippen molar-refractivity contribution in [2.45, 2.75) is 0 Å². The molecular formula is C8H6N2O. The molecule has 2 aliphatic rings. The molecule has 0 fully saturated rings. The molecule has 0 atom stereocenters. The average Bonchev–Trinajstić information content (AvgIpc) is 2.06. The Morgan fingerprint density at radius 2 is 2.27 bits per heavy atom. The van der Waals surface area contributed by atoms with Gasteiger partial charge in [-0.15, -0.1) is 0 Å². The Bertz CT molecular complexity index is 394. The summed E-state index contributed by atoms with van der Waals surface area (Å²) in [5, 5.41) is 0. The average molecular weight is 146 g/mol. The second kappa shape index (κ2) is 2.20. The first-order valence-corrected chi connectivity index (χ1v) is 3.29. The number of hydrogen-bond acceptors (Lipinski definition) is 2. The molecule has 2 aliphatic heterocycles. The van der Waals surface area contributed by atoms with Crippen LogP contribution in [0, 0.1) is 0 Å². The van der Waals surface area contributed by atoms with Gasteiger partial charge in [-0.2, -0.15) is 0 Å². The van der Waals surface area contributed by atoms with Crippen molar-refractivity contribution in [3.8, 4) is 11.3 Å². The molecule has 0 aromatic rings. The number of hydrogen-bond donors (Lipinski definition) is 1. The molecule has 0 saturated carbocycles. The highest BCUT2D eigenvalue weighted by Gasteiger charge is 2.02. The third kappa shape index (κ3) is 0.902. The van der Waals surface area contributed by atoms with Crippen molar-refractivity contribution in [3.63, 3.8) is 0 Å². The van der Waals surface area contributed by atoms with Crippen LogP contribution < -0.4 is 5.43 Å². The standard InChI is InChI=1S/C8H6N2O/c11-8-5-9-4-7-6(8)2-1-3-10-7/h1-5,10H. The Kier molecular flexibility index (Phi) is 1.22. The van der Waals surface area contributed by atoms with Crippen molar-refractivity contribution in [2.24, 2.45) is 0 Å². The van der Waals surface area contributed by atoms with Crippen molar-refractivity contribution in [1.82, 2.24) is 9.97 Å². The summed E-state index contributed by atoms with van der Waals surface area (Å²) in [4.78, 5) is 17.8. The Morgan fingerprint density at radius 1 is 1.36 bits per heavy atom. The zero-order valence-electron chi connectivity index (χ0n) is 5.74. The summed E-state index contributed by atoms with van der Waals surface area (Å²) in [5.41, 5.74) is 1.42. The Hall–Kier alpha value is -1.64. The molecule has 0 amide bonds. The molecule has 2 heterocycles. The molecule has 0 aliphatic carbocycles. The van der Waals surface area contributed by atoms with E-state index in [2.05, 4.69) is 9.97 Å². The zero-order chi connectivity index (χ0) is 7.68. The van der Waals surface area contributed by atoms with Gasteiger partial charge in [-0.05, 0) is 12.1 Å². The van der Waals surface area contributed by atoms with Gasteiger partial charge in [0.2, 0.25) is 5.43 Å². The van der Waals surface area contributed by atoms with Gasteiger partial charge in [0.25, 0.3) is 0 Å². The van der Waals surface area contributed by atoms with E-state index in [-0.39, 0.29) is 5.43 Å². The van der Waals surface area contributed by atoms with E-state index in [0.717, 1.165) is 5.69 Å². The normalized spacial score (nSPS) is 10.2. The lowest BCUT2D eigenvalue weighted by Crippen LogP contribution is -2.05. The number of fused-ring (bicyclic) bond motifs is 1. The molecule has 0 spiro atoms. The van der Waals surface area contributed by atoms with Crippen molar-refractivity contribution >= 4 is 0 Å². The summed E-state index contributed by atoms with van der Waals surface area (Å²) in [5.74, 6) is 0. The fourth-order valence-electron chi connectivity index (χ4n) is 1.02. The fraction of sp³-hybridized carbons (Fsp3) is 0. The summed E-state index contributed by atoms with van der Waals surface area (Å²) in [7, 11) is 0. The second-order valence-corrected chi connectivity index (χ2v) is 2.27. The first-order valence-electron chi connectivity index (χ1n) is 3.29. The van der Waals surface area contributed by atoms with Crippen molar-refractivity contribution in [1.29, 1.82) is 0 Å². The number of rotatable bonds is 0. The van der Waals surface area contributed by atoms with Crippen LogP contribution in [0.2, 0.25) is 0 Å². The lowest BCUT2D eigenvalue weighted by molar-refractivity contribution is 1.21. The predicted octanol–water partition coefficient (Wildman–Crippen LogP) is 0.875. The third-order valence-electron chi connectivity index (χ3n) is 1.55. The van der Waals surface area contributed by atoms with Gasteiger partial charge in [0.1, 0.15) is 0 Å². The molecule has 0 bridgehead atoms. The van der Waals surface area contributed by atoms with E-state index in [1.165, 1.54) is 6.20 Å². The molecule has 11 heavy (non-hydrogen) atoms. The smallest absolute Gasteiger partial charge is 0.206 e. The minimum atomic E-state index is -0.0423. The van der Waals surface area contributed by atoms with Gasteiger partial charge >= 0.3 is 0 Å². The predicted molar refractivity (Wildman–Crippen MR) is 41.5 cm³/mol. The van der Waals surface area contributed by atoms with Crippen LogP contribution in [0.25, 0.3) is 11.3 Å². The molecule has 3 heteroatoms. The van der Waals surface area contributed by atoms with Gasteiger partial charge in [-0.25, -0.2) is 0 Å². The third-order valence-corrected chi connectivity index (χ3v) is 1.55. The second-order valence-electron chi connectivity index (χ2n) is 2.27. The van der Waals surface area contributed by atoms with Gasteiger partial charge in [-0.1, -0.05) is 0 Å². The number of nitrogens with one attached hydrogen (secondary N) is 1. The highest BCUT2D eigenvalue weighted by molar-refractivity contribution is 5.57. The molecule has 54 valence electrons. The minimum absolute atomic E-state index is 0.0423. The molecule has 3 nitrogen and oxygen atoms in total. The van der Waals surface area contributed by atoms with Crippen LogP contribution in [0.1, 0.15) is 0 Å². The highest BCUT2D eigenvalue weighted by atomic mass is 16.1. The van der Waals surface area contributed by atoms with Gasteiger partial charge < -0.3 is 4.98 Å². The van der Waals surface area contributed by atoms with Crippen molar-refractivity contribution in [3.05, 3.63) is 40.9 Å². The molecular weight excluding hydrogens is 140 g/mol. The number of nitrogens with zero attached hydrogens (tertiary/aromatic N) is 1. The monoisotopic (exact) mass is 146 g/mol. The SMILES string of the molecule is O=c1cncc2[nH]cccc1-2.